The van der Waals surface area contributed by atoms with Gasteiger partial charge in [-0.05, 0) is 51.3 Å². The standard InChI is InChI=1S/C18H25N3O2/c1-18(2,3)23-17(22)20-16-7-9-21(10-8-16)13-15-6-4-5-14(11-15)12-19/h4-6,11,16H,7-10,13H2,1-3H3,(H,20,22). The molecule has 124 valence electrons. The van der Waals surface area contributed by atoms with Gasteiger partial charge < -0.3 is 10.1 Å². The maximum atomic E-state index is 11.8. The summed E-state index contributed by atoms with van der Waals surface area (Å²) in [5.41, 5.74) is 1.39. The minimum atomic E-state index is -0.462. The number of ether oxygens (including phenoxy) is 1. The summed E-state index contributed by atoms with van der Waals surface area (Å²) >= 11 is 0. The number of hydrogen-bond donors (Lipinski definition) is 1. The number of nitriles is 1. The van der Waals surface area contributed by atoms with E-state index in [-0.39, 0.29) is 12.1 Å². The van der Waals surface area contributed by atoms with E-state index in [1.807, 2.05) is 45.0 Å². The molecule has 1 N–H and O–H groups in total. The first-order valence-corrected chi connectivity index (χ1v) is 8.06. The number of hydrogen-bond acceptors (Lipinski definition) is 4. The van der Waals surface area contributed by atoms with Crippen LogP contribution in [0.25, 0.3) is 0 Å². The van der Waals surface area contributed by atoms with E-state index in [9.17, 15) is 4.79 Å². The zero-order valence-corrected chi connectivity index (χ0v) is 14.1. The Morgan fingerprint density at radius 3 is 2.70 bits per heavy atom. The predicted molar refractivity (Wildman–Crippen MR) is 88.8 cm³/mol. The lowest BCUT2D eigenvalue weighted by Crippen LogP contribution is -2.45. The number of nitrogens with zero attached hydrogens (tertiary/aromatic N) is 2. The molecule has 1 amide bonds. The Labute approximate surface area is 138 Å². The van der Waals surface area contributed by atoms with Gasteiger partial charge in [0.15, 0.2) is 0 Å². The van der Waals surface area contributed by atoms with Gasteiger partial charge in [-0.15, -0.1) is 0 Å². The lowest BCUT2D eigenvalue weighted by molar-refractivity contribution is 0.0477. The van der Waals surface area contributed by atoms with E-state index in [0.29, 0.717) is 5.56 Å². The van der Waals surface area contributed by atoms with Gasteiger partial charge in [0.1, 0.15) is 5.60 Å². The second-order valence-corrected chi connectivity index (χ2v) is 7.01. The van der Waals surface area contributed by atoms with Crippen LogP contribution in [0.5, 0.6) is 0 Å². The zero-order chi connectivity index (χ0) is 16.9. The fourth-order valence-electron chi connectivity index (χ4n) is 2.71. The number of piperidine rings is 1. The van der Waals surface area contributed by atoms with Crippen LogP contribution in [0.3, 0.4) is 0 Å². The summed E-state index contributed by atoms with van der Waals surface area (Å²) in [5, 5.41) is 11.9. The Morgan fingerprint density at radius 1 is 1.39 bits per heavy atom. The summed E-state index contributed by atoms with van der Waals surface area (Å²) < 4.78 is 5.29. The van der Waals surface area contributed by atoms with Crippen LogP contribution in [0.1, 0.15) is 44.7 Å². The van der Waals surface area contributed by atoms with Crippen molar-refractivity contribution in [3.8, 4) is 6.07 Å². The van der Waals surface area contributed by atoms with Crippen LogP contribution < -0.4 is 5.32 Å². The normalized spacial score (nSPS) is 16.6. The van der Waals surface area contributed by atoms with Gasteiger partial charge in [0.2, 0.25) is 0 Å². The Balaban J connectivity index is 1.77. The van der Waals surface area contributed by atoms with E-state index in [4.69, 9.17) is 10.00 Å². The van der Waals surface area contributed by atoms with Crippen LogP contribution in [0.2, 0.25) is 0 Å². The highest BCUT2D eigenvalue weighted by molar-refractivity contribution is 5.68. The quantitative estimate of drug-likeness (QED) is 0.931. The summed E-state index contributed by atoms with van der Waals surface area (Å²) in [6, 6.07) is 10.1. The minimum Gasteiger partial charge on any atom is -0.444 e. The number of amides is 1. The largest absolute Gasteiger partial charge is 0.444 e. The van der Waals surface area contributed by atoms with Crippen LogP contribution >= 0.6 is 0 Å². The molecule has 5 heteroatoms. The van der Waals surface area contributed by atoms with E-state index in [2.05, 4.69) is 16.3 Å². The summed E-state index contributed by atoms with van der Waals surface area (Å²) in [5.74, 6) is 0. The Hall–Kier alpha value is -2.06. The molecule has 1 aliphatic rings. The Bertz CT molecular complexity index is 579. The second-order valence-electron chi connectivity index (χ2n) is 7.01. The van der Waals surface area contributed by atoms with Crippen LogP contribution in [0.15, 0.2) is 24.3 Å². The second kappa shape index (κ2) is 7.47. The van der Waals surface area contributed by atoms with Crippen LogP contribution in [0, 0.1) is 11.3 Å². The third-order valence-electron chi connectivity index (χ3n) is 3.77. The summed E-state index contributed by atoms with van der Waals surface area (Å²) in [6.07, 6.45) is 1.49. The molecule has 1 heterocycles. The van der Waals surface area contributed by atoms with Crippen molar-refractivity contribution in [1.82, 2.24) is 10.2 Å². The molecule has 1 aromatic carbocycles. The van der Waals surface area contributed by atoms with Gasteiger partial charge in [-0.3, -0.25) is 4.90 Å². The maximum absolute atomic E-state index is 11.8. The highest BCUT2D eigenvalue weighted by Crippen LogP contribution is 2.15. The molecule has 1 aliphatic heterocycles. The molecule has 23 heavy (non-hydrogen) atoms. The number of likely N-dealkylation sites (tertiary alicyclic amines) is 1. The molecule has 1 saturated heterocycles. The van der Waals surface area contributed by atoms with Crippen LogP contribution in [-0.2, 0) is 11.3 Å². The van der Waals surface area contributed by atoms with Gasteiger partial charge in [0.25, 0.3) is 0 Å². The lowest BCUT2D eigenvalue weighted by atomic mass is 10.0. The zero-order valence-electron chi connectivity index (χ0n) is 14.1. The molecule has 5 nitrogen and oxygen atoms in total. The van der Waals surface area contributed by atoms with Crippen molar-refractivity contribution in [2.45, 2.75) is 51.8 Å². The Morgan fingerprint density at radius 2 is 2.09 bits per heavy atom. The lowest BCUT2D eigenvalue weighted by Gasteiger charge is -2.32. The van der Waals surface area contributed by atoms with Crippen molar-refractivity contribution in [1.29, 1.82) is 5.26 Å². The van der Waals surface area contributed by atoms with Gasteiger partial charge in [0.05, 0.1) is 11.6 Å². The van der Waals surface area contributed by atoms with Gasteiger partial charge in [-0.2, -0.15) is 5.26 Å². The molecular formula is C18H25N3O2. The Kier molecular flexibility index (Phi) is 5.62. The van der Waals surface area contributed by atoms with Gasteiger partial charge >= 0.3 is 6.09 Å². The molecule has 2 rings (SSSR count). The molecule has 1 aromatic rings. The van der Waals surface area contributed by atoms with Crippen molar-refractivity contribution < 1.29 is 9.53 Å². The summed E-state index contributed by atoms with van der Waals surface area (Å²) in [4.78, 5) is 14.1. The molecule has 0 unspecified atom stereocenters. The number of rotatable bonds is 3. The fourth-order valence-corrected chi connectivity index (χ4v) is 2.71. The molecule has 0 atom stereocenters. The highest BCUT2D eigenvalue weighted by Gasteiger charge is 2.23. The minimum absolute atomic E-state index is 0.173. The summed E-state index contributed by atoms with van der Waals surface area (Å²) in [7, 11) is 0. The number of benzene rings is 1. The van der Waals surface area contributed by atoms with Gasteiger partial charge in [-0.1, -0.05) is 12.1 Å². The summed E-state index contributed by atoms with van der Waals surface area (Å²) in [6.45, 7) is 8.29. The third kappa shape index (κ3) is 5.91. The monoisotopic (exact) mass is 315 g/mol. The van der Waals surface area contributed by atoms with Crippen molar-refractivity contribution in [3.05, 3.63) is 35.4 Å². The molecule has 0 aliphatic carbocycles. The fraction of sp³-hybridized carbons (Fsp3) is 0.556. The average Bonchev–Trinajstić information content (AvgIpc) is 2.47. The number of alkyl carbamates (subject to hydrolysis) is 1. The number of carbonyl (C=O) groups excluding carboxylic acids is 1. The highest BCUT2D eigenvalue weighted by atomic mass is 16.6. The van der Waals surface area contributed by atoms with Crippen LogP contribution in [-0.4, -0.2) is 35.7 Å². The first-order chi connectivity index (χ1) is 10.9. The van der Waals surface area contributed by atoms with E-state index in [1.54, 1.807) is 0 Å². The van der Waals surface area contributed by atoms with Crippen molar-refractivity contribution >= 4 is 6.09 Å². The molecule has 0 aromatic heterocycles. The van der Waals surface area contributed by atoms with E-state index < -0.39 is 5.60 Å². The topological polar surface area (TPSA) is 65.4 Å². The molecule has 0 saturated carbocycles. The van der Waals surface area contributed by atoms with Gasteiger partial charge in [0, 0.05) is 25.7 Å². The molecule has 0 bridgehead atoms. The van der Waals surface area contributed by atoms with Crippen molar-refractivity contribution in [2.75, 3.05) is 13.1 Å². The molecule has 0 radical (unpaired) electrons. The predicted octanol–water partition coefficient (Wildman–Crippen LogP) is 3.05. The van der Waals surface area contributed by atoms with Crippen molar-refractivity contribution in [3.63, 3.8) is 0 Å². The first kappa shape index (κ1) is 17.3. The van der Waals surface area contributed by atoms with E-state index in [0.717, 1.165) is 38.0 Å². The van der Waals surface area contributed by atoms with Crippen molar-refractivity contribution in [2.24, 2.45) is 0 Å². The maximum Gasteiger partial charge on any atom is 0.407 e. The smallest absolute Gasteiger partial charge is 0.407 e. The van der Waals surface area contributed by atoms with E-state index in [1.165, 1.54) is 0 Å². The third-order valence-corrected chi connectivity index (χ3v) is 3.77. The number of carbonyl (C=O) groups is 1. The molecule has 0 spiro atoms. The molecule has 1 fully saturated rings. The van der Waals surface area contributed by atoms with Crippen LogP contribution in [0.4, 0.5) is 4.79 Å². The van der Waals surface area contributed by atoms with E-state index >= 15 is 0 Å². The molecular weight excluding hydrogens is 290 g/mol. The first-order valence-electron chi connectivity index (χ1n) is 8.06. The number of nitrogens with one attached hydrogen (secondary N) is 1. The SMILES string of the molecule is CC(C)(C)OC(=O)NC1CCN(Cc2cccc(C#N)c2)CC1. The van der Waals surface area contributed by atoms with Gasteiger partial charge in [-0.25, -0.2) is 4.79 Å². The average molecular weight is 315 g/mol.